The van der Waals surface area contributed by atoms with Gasteiger partial charge in [-0.25, -0.2) is 9.78 Å². The molecule has 0 atom stereocenters. The van der Waals surface area contributed by atoms with Gasteiger partial charge in [-0.3, -0.25) is 10.1 Å². The van der Waals surface area contributed by atoms with Crippen molar-refractivity contribution in [1.29, 1.82) is 0 Å². The van der Waals surface area contributed by atoms with Crippen molar-refractivity contribution in [2.24, 2.45) is 0 Å². The molecule has 1 heterocycles. The summed E-state index contributed by atoms with van der Waals surface area (Å²) in [5, 5.41) is 12.5. The summed E-state index contributed by atoms with van der Waals surface area (Å²) in [7, 11) is 1.59. The first-order valence-corrected chi connectivity index (χ1v) is 8.40. The minimum atomic E-state index is -0.520. The van der Waals surface area contributed by atoms with E-state index in [0.29, 0.717) is 22.9 Å². The van der Waals surface area contributed by atoms with Crippen molar-refractivity contribution in [3.8, 4) is 5.75 Å². The van der Waals surface area contributed by atoms with Crippen molar-refractivity contribution in [2.45, 2.75) is 13.3 Å². The zero-order valence-electron chi connectivity index (χ0n) is 15.0. The summed E-state index contributed by atoms with van der Waals surface area (Å²) >= 11 is 0. The van der Waals surface area contributed by atoms with Gasteiger partial charge in [-0.2, -0.15) is 0 Å². The Balaban J connectivity index is 2.10. The second-order valence-electron chi connectivity index (χ2n) is 5.86. The van der Waals surface area contributed by atoms with Gasteiger partial charge in [0.1, 0.15) is 11.4 Å². The number of rotatable bonds is 6. The molecule has 1 aromatic heterocycles. The van der Waals surface area contributed by atoms with Gasteiger partial charge in [0, 0.05) is 23.9 Å². The number of nitro groups is 1. The Morgan fingerprint density at radius 3 is 2.52 bits per heavy atom. The summed E-state index contributed by atoms with van der Waals surface area (Å²) in [5.74, 6) is 0.209. The Kier molecular flexibility index (Phi) is 5.30. The molecule has 7 heteroatoms. The van der Waals surface area contributed by atoms with Gasteiger partial charge >= 0.3 is 5.97 Å². The lowest BCUT2D eigenvalue weighted by atomic mass is 10.0. The number of non-ortho nitro benzene ring substituents is 1. The average molecular weight is 366 g/mol. The number of methoxy groups -OCH3 is 1. The summed E-state index contributed by atoms with van der Waals surface area (Å²) in [4.78, 5) is 27.3. The highest BCUT2D eigenvalue weighted by atomic mass is 16.6. The highest BCUT2D eigenvalue weighted by Gasteiger charge is 2.16. The van der Waals surface area contributed by atoms with Gasteiger partial charge in [0.05, 0.1) is 24.3 Å². The fraction of sp³-hybridized carbons (Fsp3) is 0.200. The van der Waals surface area contributed by atoms with Crippen LogP contribution in [-0.2, 0) is 11.2 Å². The van der Waals surface area contributed by atoms with E-state index in [1.807, 2.05) is 24.3 Å². The molecule has 7 nitrogen and oxygen atoms in total. The Bertz CT molecular complexity index is 999. The zero-order chi connectivity index (χ0) is 19.4. The maximum atomic E-state index is 12.1. The van der Waals surface area contributed by atoms with Crippen LogP contribution in [0.4, 0.5) is 5.69 Å². The normalized spacial score (nSPS) is 10.6. The predicted octanol–water partition coefficient (Wildman–Crippen LogP) is 3.92. The van der Waals surface area contributed by atoms with Crippen molar-refractivity contribution in [3.05, 3.63) is 75.6 Å². The maximum absolute atomic E-state index is 12.1. The summed E-state index contributed by atoms with van der Waals surface area (Å²) in [6.45, 7) is 1.97. The van der Waals surface area contributed by atoms with Gasteiger partial charge in [0.15, 0.2) is 0 Å². The van der Waals surface area contributed by atoms with E-state index in [9.17, 15) is 14.9 Å². The average Bonchev–Trinajstić information content (AvgIpc) is 2.68. The topological polar surface area (TPSA) is 91.6 Å². The smallest absolute Gasteiger partial charge is 0.356 e. The fourth-order valence-electron chi connectivity index (χ4n) is 2.80. The molecule has 2 aromatic carbocycles. The van der Waals surface area contributed by atoms with Crippen molar-refractivity contribution in [2.75, 3.05) is 13.7 Å². The van der Waals surface area contributed by atoms with Crippen molar-refractivity contribution in [3.63, 3.8) is 0 Å². The molecule has 0 saturated heterocycles. The number of aromatic nitrogens is 1. The number of esters is 1. The van der Waals surface area contributed by atoms with Gasteiger partial charge in [-0.05, 0) is 42.1 Å². The first-order valence-electron chi connectivity index (χ1n) is 8.40. The van der Waals surface area contributed by atoms with E-state index >= 15 is 0 Å². The van der Waals surface area contributed by atoms with Gasteiger partial charge in [-0.1, -0.05) is 12.1 Å². The van der Waals surface area contributed by atoms with Crippen molar-refractivity contribution in [1.82, 2.24) is 4.98 Å². The van der Waals surface area contributed by atoms with E-state index in [0.717, 1.165) is 11.3 Å². The second kappa shape index (κ2) is 7.82. The van der Waals surface area contributed by atoms with E-state index in [1.54, 1.807) is 26.2 Å². The van der Waals surface area contributed by atoms with E-state index in [1.165, 1.54) is 12.1 Å². The minimum absolute atomic E-state index is 0.0239. The number of benzene rings is 2. The SMILES string of the molecule is CCOC(=O)c1cc2ccc([N+](=O)[O-])cc2c(Cc2ccc(OC)cc2)n1. The Hall–Kier alpha value is -3.48. The van der Waals surface area contributed by atoms with Crippen LogP contribution in [-0.4, -0.2) is 29.6 Å². The quantitative estimate of drug-likeness (QED) is 0.373. The first kappa shape index (κ1) is 18.3. The molecule has 0 spiro atoms. The second-order valence-corrected chi connectivity index (χ2v) is 5.86. The molecule has 0 aliphatic carbocycles. The largest absolute Gasteiger partial charge is 0.497 e. The number of carbonyl (C=O) groups excluding carboxylic acids is 1. The van der Waals surface area contributed by atoms with E-state index in [-0.39, 0.29) is 18.0 Å². The molecule has 0 N–H and O–H groups in total. The fourth-order valence-corrected chi connectivity index (χ4v) is 2.80. The third kappa shape index (κ3) is 4.03. The van der Waals surface area contributed by atoms with E-state index in [4.69, 9.17) is 9.47 Å². The molecular formula is C20H18N2O5. The third-order valence-corrected chi connectivity index (χ3v) is 4.12. The molecule has 3 rings (SSSR count). The summed E-state index contributed by atoms with van der Waals surface area (Å²) in [5.41, 5.74) is 1.67. The lowest BCUT2D eigenvalue weighted by Crippen LogP contribution is -2.09. The predicted molar refractivity (Wildman–Crippen MR) is 100 cm³/mol. The van der Waals surface area contributed by atoms with Crippen LogP contribution in [0.25, 0.3) is 10.8 Å². The minimum Gasteiger partial charge on any atom is -0.497 e. The highest BCUT2D eigenvalue weighted by molar-refractivity contribution is 5.95. The van der Waals surface area contributed by atoms with Crippen LogP contribution in [0.2, 0.25) is 0 Å². The van der Waals surface area contributed by atoms with Crippen molar-refractivity contribution >= 4 is 22.4 Å². The van der Waals surface area contributed by atoms with Crippen LogP contribution in [0, 0.1) is 10.1 Å². The lowest BCUT2D eigenvalue weighted by molar-refractivity contribution is -0.384. The molecule has 0 amide bonds. The van der Waals surface area contributed by atoms with Crippen LogP contribution in [0.15, 0.2) is 48.5 Å². The van der Waals surface area contributed by atoms with Crippen LogP contribution >= 0.6 is 0 Å². The lowest BCUT2D eigenvalue weighted by Gasteiger charge is -2.10. The molecule has 0 aliphatic heterocycles. The van der Waals surface area contributed by atoms with Gasteiger partial charge < -0.3 is 9.47 Å². The molecule has 3 aromatic rings. The van der Waals surface area contributed by atoms with Crippen LogP contribution < -0.4 is 4.74 Å². The molecule has 0 fully saturated rings. The van der Waals surface area contributed by atoms with Gasteiger partial charge in [0.25, 0.3) is 5.69 Å². The number of hydrogen-bond donors (Lipinski definition) is 0. The van der Waals surface area contributed by atoms with Crippen LogP contribution in [0.1, 0.15) is 28.7 Å². The summed E-state index contributed by atoms with van der Waals surface area (Å²) < 4.78 is 10.2. The van der Waals surface area contributed by atoms with E-state index in [2.05, 4.69) is 4.98 Å². The summed E-state index contributed by atoms with van der Waals surface area (Å²) in [6.07, 6.45) is 0.412. The van der Waals surface area contributed by atoms with Gasteiger partial charge in [-0.15, -0.1) is 0 Å². The van der Waals surface area contributed by atoms with Crippen LogP contribution in [0.3, 0.4) is 0 Å². The number of nitrogens with zero attached hydrogens (tertiary/aromatic N) is 2. The highest BCUT2D eigenvalue weighted by Crippen LogP contribution is 2.26. The maximum Gasteiger partial charge on any atom is 0.356 e. The Labute approximate surface area is 155 Å². The number of ether oxygens (including phenoxy) is 2. The standard InChI is InChI=1S/C20H18N2O5/c1-3-27-20(23)19-11-14-6-7-15(22(24)25)12-17(14)18(21-19)10-13-4-8-16(26-2)9-5-13/h4-9,11-12H,3,10H2,1-2H3. The number of hydrogen-bond acceptors (Lipinski definition) is 6. The van der Waals surface area contributed by atoms with Gasteiger partial charge in [0.2, 0.25) is 0 Å². The monoisotopic (exact) mass is 366 g/mol. The molecular weight excluding hydrogens is 348 g/mol. The molecule has 0 unspecified atom stereocenters. The Morgan fingerprint density at radius 1 is 1.15 bits per heavy atom. The number of pyridine rings is 1. The zero-order valence-corrected chi connectivity index (χ0v) is 15.0. The summed E-state index contributed by atoms with van der Waals surface area (Å²) in [6, 6.07) is 13.5. The molecule has 0 radical (unpaired) electrons. The molecule has 0 saturated carbocycles. The number of nitro benzene ring substituents is 1. The van der Waals surface area contributed by atoms with E-state index < -0.39 is 10.9 Å². The van der Waals surface area contributed by atoms with Crippen LogP contribution in [0.5, 0.6) is 5.75 Å². The number of carbonyl (C=O) groups is 1. The number of fused-ring (bicyclic) bond motifs is 1. The Morgan fingerprint density at radius 2 is 1.89 bits per heavy atom. The third-order valence-electron chi connectivity index (χ3n) is 4.12. The van der Waals surface area contributed by atoms with Crippen molar-refractivity contribution < 1.29 is 19.2 Å². The first-order chi connectivity index (χ1) is 13.0. The molecule has 138 valence electrons. The molecule has 27 heavy (non-hydrogen) atoms. The molecule has 0 bridgehead atoms. The molecule has 0 aliphatic rings.